The minimum atomic E-state index is 0.242. The SMILES string of the molecule is O=C(CC1CCc2ccccc21)N1CCC(OCc2cccnc2)CC1. The first kappa shape index (κ1) is 17.2. The lowest BCUT2D eigenvalue weighted by atomic mass is 9.96. The maximum absolute atomic E-state index is 12.7. The van der Waals surface area contributed by atoms with E-state index >= 15 is 0 Å². The number of fused-ring (bicyclic) bond motifs is 1. The van der Waals surface area contributed by atoms with E-state index in [2.05, 4.69) is 29.2 Å². The lowest BCUT2D eigenvalue weighted by Crippen LogP contribution is -2.41. The van der Waals surface area contributed by atoms with Gasteiger partial charge in [-0.3, -0.25) is 9.78 Å². The van der Waals surface area contributed by atoms with Gasteiger partial charge in [0.2, 0.25) is 5.91 Å². The molecular formula is C22H26N2O2. The van der Waals surface area contributed by atoms with Crippen LogP contribution in [0.4, 0.5) is 0 Å². The Morgan fingerprint density at radius 3 is 2.77 bits per heavy atom. The molecule has 26 heavy (non-hydrogen) atoms. The summed E-state index contributed by atoms with van der Waals surface area (Å²) in [6.45, 7) is 2.22. The van der Waals surface area contributed by atoms with Crippen LogP contribution in [-0.2, 0) is 22.6 Å². The third kappa shape index (κ3) is 3.96. The van der Waals surface area contributed by atoms with Crippen molar-refractivity contribution >= 4 is 5.91 Å². The highest BCUT2D eigenvalue weighted by atomic mass is 16.5. The predicted octanol–water partition coefficient (Wildman–Crippen LogP) is 3.71. The summed E-state index contributed by atoms with van der Waals surface area (Å²) in [7, 11) is 0. The molecule has 1 aromatic heterocycles. The summed E-state index contributed by atoms with van der Waals surface area (Å²) < 4.78 is 6.00. The first-order valence-corrected chi connectivity index (χ1v) is 9.65. The highest BCUT2D eigenvalue weighted by molar-refractivity contribution is 5.77. The highest BCUT2D eigenvalue weighted by Gasteiger charge is 2.28. The van der Waals surface area contributed by atoms with Crippen molar-refractivity contribution < 1.29 is 9.53 Å². The van der Waals surface area contributed by atoms with E-state index in [1.807, 2.05) is 23.2 Å². The molecule has 1 unspecified atom stereocenters. The van der Waals surface area contributed by atoms with Crippen molar-refractivity contribution in [2.24, 2.45) is 0 Å². The van der Waals surface area contributed by atoms with E-state index in [1.165, 1.54) is 11.1 Å². The molecule has 0 N–H and O–H groups in total. The molecule has 0 spiro atoms. The molecule has 0 radical (unpaired) electrons. The van der Waals surface area contributed by atoms with Crippen LogP contribution in [0.2, 0.25) is 0 Å². The van der Waals surface area contributed by atoms with E-state index in [4.69, 9.17) is 4.74 Å². The number of aryl methyl sites for hydroxylation is 1. The molecule has 1 fully saturated rings. The van der Waals surface area contributed by atoms with Gasteiger partial charge in [0.25, 0.3) is 0 Å². The molecule has 136 valence electrons. The number of benzene rings is 1. The van der Waals surface area contributed by atoms with E-state index in [1.54, 1.807) is 6.20 Å². The number of carbonyl (C=O) groups is 1. The van der Waals surface area contributed by atoms with Crippen molar-refractivity contribution in [2.45, 2.75) is 50.7 Å². The Labute approximate surface area is 155 Å². The van der Waals surface area contributed by atoms with E-state index in [0.29, 0.717) is 24.9 Å². The van der Waals surface area contributed by atoms with Crippen molar-refractivity contribution in [3.63, 3.8) is 0 Å². The fourth-order valence-electron chi connectivity index (χ4n) is 4.17. The lowest BCUT2D eigenvalue weighted by molar-refractivity contribution is -0.134. The van der Waals surface area contributed by atoms with Crippen LogP contribution >= 0.6 is 0 Å². The molecule has 4 rings (SSSR count). The Kier molecular flexibility index (Phi) is 5.30. The number of hydrogen-bond acceptors (Lipinski definition) is 3. The standard InChI is InChI=1S/C22H26N2O2/c25-22(14-19-8-7-18-5-1-2-6-21(18)19)24-12-9-20(10-13-24)26-16-17-4-3-11-23-15-17/h1-6,11,15,19-20H,7-10,12-14,16H2. The minimum Gasteiger partial charge on any atom is -0.373 e. The molecule has 2 heterocycles. The summed E-state index contributed by atoms with van der Waals surface area (Å²) in [5, 5.41) is 0. The first-order chi connectivity index (χ1) is 12.8. The van der Waals surface area contributed by atoms with Crippen molar-refractivity contribution in [2.75, 3.05) is 13.1 Å². The monoisotopic (exact) mass is 350 g/mol. The second-order valence-electron chi connectivity index (χ2n) is 7.39. The van der Waals surface area contributed by atoms with E-state index in [0.717, 1.165) is 44.3 Å². The molecule has 1 aliphatic heterocycles. The molecule has 1 aromatic carbocycles. The average molecular weight is 350 g/mol. The number of aromatic nitrogens is 1. The van der Waals surface area contributed by atoms with Gasteiger partial charge in [0, 0.05) is 31.9 Å². The summed E-state index contributed by atoms with van der Waals surface area (Å²) in [4.78, 5) is 18.9. The number of likely N-dealkylation sites (tertiary alicyclic amines) is 1. The van der Waals surface area contributed by atoms with Crippen molar-refractivity contribution in [3.8, 4) is 0 Å². The maximum atomic E-state index is 12.7. The molecule has 4 heteroatoms. The number of rotatable bonds is 5. The largest absolute Gasteiger partial charge is 0.373 e. The third-order valence-corrected chi connectivity index (χ3v) is 5.68. The number of nitrogens with zero attached hydrogens (tertiary/aromatic N) is 2. The second-order valence-corrected chi connectivity index (χ2v) is 7.39. The molecule has 2 aliphatic rings. The van der Waals surface area contributed by atoms with Crippen LogP contribution in [0.25, 0.3) is 0 Å². The summed E-state index contributed by atoms with van der Waals surface area (Å²) >= 11 is 0. The van der Waals surface area contributed by atoms with Crippen LogP contribution in [0.15, 0.2) is 48.8 Å². The quantitative estimate of drug-likeness (QED) is 0.825. The van der Waals surface area contributed by atoms with Gasteiger partial charge >= 0.3 is 0 Å². The van der Waals surface area contributed by atoms with Gasteiger partial charge in [-0.05, 0) is 54.4 Å². The topological polar surface area (TPSA) is 42.4 Å². The number of piperidine rings is 1. The molecule has 1 saturated heterocycles. The van der Waals surface area contributed by atoms with Gasteiger partial charge < -0.3 is 9.64 Å². The molecule has 0 saturated carbocycles. The van der Waals surface area contributed by atoms with Crippen LogP contribution in [0, 0.1) is 0 Å². The smallest absolute Gasteiger partial charge is 0.223 e. The Hall–Kier alpha value is -2.20. The zero-order valence-electron chi connectivity index (χ0n) is 15.1. The minimum absolute atomic E-state index is 0.242. The first-order valence-electron chi connectivity index (χ1n) is 9.65. The van der Waals surface area contributed by atoms with Gasteiger partial charge in [-0.15, -0.1) is 0 Å². The normalized spacial score (nSPS) is 20.2. The summed E-state index contributed by atoms with van der Waals surface area (Å²) in [5.74, 6) is 0.704. The molecule has 0 bridgehead atoms. The van der Waals surface area contributed by atoms with E-state index < -0.39 is 0 Å². The Bertz CT molecular complexity index is 739. The van der Waals surface area contributed by atoms with Gasteiger partial charge in [-0.1, -0.05) is 30.3 Å². The van der Waals surface area contributed by atoms with Crippen LogP contribution in [0.5, 0.6) is 0 Å². The molecule has 4 nitrogen and oxygen atoms in total. The summed E-state index contributed by atoms with van der Waals surface area (Å²) in [6, 6.07) is 12.5. The van der Waals surface area contributed by atoms with Crippen molar-refractivity contribution in [3.05, 3.63) is 65.5 Å². The van der Waals surface area contributed by atoms with Crippen molar-refractivity contribution in [1.29, 1.82) is 0 Å². The van der Waals surface area contributed by atoms with Gasteiger partial charge in [0.15, 0.2) is 0 Å². The zero-order chi connectivity index (χ0) is 17.8. The molecule has 2 aromatic rings. The van der Waals surface area contributed by atoms with Crippen LogP contribution in [0.3, 0.4) is 0 Å². The Morgan fingerprint density at radius 1 is 1.12 bits per heavy atom. The van der Waals surface area contributed by atoms with E-state index in [-0.39, 0.29) is 6.10 Å². The van der Waals surface area contributed by atoms with Gasteiger partial charge in [0.05, 0.1) is 12.7 Å². The summed E-state index contributed by atoms with van der Waals surface area (Å²) in [6.07, 6.45) is 8.58. The van der Waals surface area contributed by atoms with Gasteiger partial charge in [-0.2, -0.15) is 0 Å². The molecular weight excluding hydrogens is 324 g/mol. The number of hydrogen-bond donors (Lipinski definition) is 0. The number of pyridine rings is 1. The Morgan fingerprint density at radius 2 is 1.96 bits per heavy atom. The third-order valence-electron chi connectivity index (χ3n) is 5.68. The lowest BCUT2D eigenvalue weighted by Gasteiger charge is -2.32. The fourth-order valence-corrected chi connectivity index (χ4v) is 4.17. The molecule has 1 atom stereocenters. The maximum Gasteiger partial charge on any atom is 0.223 e. The predicted molar refractivity (Wildman–Crippen MR) is 101 cm³/mol. The average Bonchev–Trinajstić information content (AvgIpc) is 3.10. The second kappa shape index (κ2) is 8.00. The summed E-state index contributed by atoms with van der Waals surface area (Å²) in [5.41, 5.74) is 3.91. The number of ether oxygens (including phenoxy) is 1. The number of amides is 1. The van der Waals surface area contributed by atoms with E-state index in [9.17, 15) is 4.79 Å². The highest BCUT2D eigenvalue weighted by Crippen LogP contribution is 2.35. The molecule has 1 aliphatic carbocycles. The number of carbonyl (C=O) groups excluding carboxylic acids is 1. The van der Waals surface area contributed by atoms with Crippen LogP contribution < -0.4 is 0 Å². The Balaban J connectivity index is 1.24. The zero-order valence-corrected chi connectivity index (χ0v) is 15.1. The van der Waals surface area contributed by atoms with Crippen LogP contribution in [-0.4, -0.2) is 35.0 Å². The van der Waals surface area contributed by atoms with Gasteiger partial charge in [-0.25, -0.2) is 0 Å². The van der Waals surface area contributed by atoms with Crippen LogP contribution in [0.1, 0.15) is 48.3 Å². The fraction of sp³-hybridized carbons (Fsp3) is 0.455. The molecule has 1 amide bonds. The van der Waals surface area contributed by atoms with Crippen molar-refractivity contribution in [1.82, 2.24) is 9.88 Å². The van der Waals surface area contributed by atoms with Gasteiger partial charge in [0.1, 0.15) is 0 Å².